The molecular weight excluding hydrogens is 386 g/mol. The topological polar surface area (TPSA) is 55.8 Å². The van der Waals surface area contributed by atoms with E-state index in [1.54, 1.807) is 49.6 Å². The number of rotatable bonds is 6. The Hall–Kier alpha value is -2.44. The number of nitrogens with zero attached hydrogens (tertiary/aromatic N) is 1. The molecular formula is C20H18ClNO4S. The zero-order chi connectivity index (χ0) is 19.4. The van der Waals surface area contributed by atoms with Crippen LogP contribution in [-0.4, -0.2) is 29.8 Å². The molecule has 2 aromatic rings. The van der Waals surface area contributed by atoms with Crippen LogP contribution in [0.3, 0.4) is 0 Å². The normalized spacial score (nSPS) is 15.5. The summed E-state index contributed by atoms with van der Waals surface area (Å²) in [7, 11) is 1.57. The maximum absolute atomic E-state index is 12.7. The molecule has 7 heteroatoms. The Morgan fingerprint density at radius 3 is 2.52 bits per heavy atom. The van der Waals surface area contributed by atoms with Crippen molar-refractivity contribution in [1.29, 1.82) is 0 Å². The van der Waals surface area contributed by atoms with Crippen molar-refractivity contribution in [1.82, 2.24) is 4.90 Å². The van der Waals surface area contributed by atoms with Gasteiger partial charge in [-0.05, 0) is 60.2 Å². The molecule has 0 radical (unpaired) electrons. The smallest absolute Gasteiger partial charge is 0.293 e. The molecule has 1 heterocycles. The van der Waals surface area contributed by atoms with Crippen LogP contribution in [0.2, 0.25) is 5.02 Å². The van der Waals surface area contributed by atoms with Gasteiger partial charge in [-0.2, -0.15) is 0 Å². The highest BCUT2D eigenvalue weighted by Crippen LogP contribution is 2.35. The maximum Gasteiger partial charge on any atom is 0.293 e. The molecule has 1 aliphatic heterocycles. The van der Waals surface area contributed by atoms with Crippen molar-refractivity contribution in [3.05, 3.63) is 63.5 Å². The van der Waals surface area contributed by atoms with Gasteiger partial charge >= 0.3 is 0 Å². The van der Waals surface area contributed by atoms with Crippen LogP contribution >= 0.6 is 23.4 Å². The summed E-state index contributed by atoms with van der Waals surface area (Å²) in [5.41, 5.74) is 1.60. The molecule has 0 bridgehead atoms. The van der Waals surface area contributed by atoms with Crippen LogP contribution in [0.1, 0.15) is 18.1 Å². The molecule has 0 aromatic heterocycles. The predicted octanol–water partition coefficient (Wildman–Crippen LogP) is 4.98. The fourth-order valence-corrected chi connectivity index (χ4v) is 3.58. The fraction of sp³-hybridized carbons (Fsp3) is 0.200. The van der Waals surface area contributed by atoms with Gasteiger partial charge in [-0.3, -0.25) is 14.5 Å². The van der Waals surface area contributed by atoms with Crippen molar-refractivity contribution in [2.45, 2.75) is 13.5 Å². The lowest BCUT2D eigenvalue weighted by Gasteiger charge is -2.12. The van der Waals surface area contributed by atoms with Gasteiger partial charge in [-0.1, -0.05) is 29.8 Å². The number of halogens is 1. The van der Waals surface area contributed by atoms with Crippen LogP contribution in [0.15, 0.2) is 47.4 Å². The van der Waals surface area contributed by atoms with Crippen molar-refractivity contribution < 1.29 is 19.1 Å². The number of thioether (sulfide) groups is 1. The van der Waals surface area contributed by atoms with Crippen molar-refractivity contribution in [3.8, 4) is 11.5 Å². The second-order valence-electron chi connectivity index (χ2n) is 5.74. The molecule has 1 aliphatic rings. The lowest BCUT2D eigenvalue weighted by atomic mass is 10.1. The number of benzene rings is 2. The summed E-state index contributed by atoms with van der Waals surface area (Å²) >= 11 is 6.80. The van der Waals surface area contributed by atoms with Crippen LogP contribution in [0.25, 0.3) is 6.08 Å². The summed E-state index contributed by atoms with van der Waals surface area (Å²) in [6.45, 7) is 2.59. The Balaban J connectivity index is 1.81. The largest absolute Gasteiger partial charge is 0.493 e. The van der Waals surface area contributed by atoms with E-state index < -0.39 is 0 Å². The molecule has 0 saturated carbocycles. The molecule has 0 spiro atoms. The summed E-state index contributed by atoms with van der Waals surface area (Å²) in [5.74, 6) is 0.896. The van der Waals surface area contributed by atoms with Crippen LogP contribution in [0.5, 0.6) is 11.5 Å². The first-order valence-corrected chi connectivity index (χ1v) is 9.52. The molecule has 27 heavy (non-hydrogen) atoms. The number of amides is 2. The number of ether oxygens (including phenoxy) is 2. The van der Waals surface area contributed by atoms with Gasteiger partial charge in [0, 0.05) is 5.02 Å². The van der Waals surface area contributed by atoms with Crippen molar-refractivity contribution >= 4 is 40.6 Å². The minimum absolute atomic E-state index is 0.214. The monoisotopic (exact) mass is 403 g/mol. The van der Waals surface area contributed by atoms with E-state index in [2.05, 4.69) is 0 Å². The molecule has 0 atom stereocenters. The van der Waals surface area contributed by atoms with Crippen molar-refractivity contribution in [3.63, 3.8) is 0 Å². The quantitative estimate of drug-likeness (QED) is 0.636. The number of hydrogen-bond donors (Lipinski definition) is 0. The molecule has 0 N–H and O–H groups in total. The zero-order valence-electron chi connectivity index (χ0n) is 14.9. The summed E-state index contributed by atoms with van der Waals surface area (Å²) in [6, 6.07) is 12.4. The van der Waals surface area contributed by atoms with Gasteiger partial charge in [0.05, 0.1) is 25.2 Å². The van der Waals surface area contributed by atoms with Crippen LogP contribution in [0, 0.1) is 0 Å². The number of carbonyl (C=O) groups is 2. The molecule has 5 nitrogen and oxygen atoms in total. The van der Waals surface area contributed by atoms with Gasteiger partial charge in [-0.25, -0.2) is 0 Å². The second kappa shape index (κ2) is 8.50. The molecule has 140 valence electrons. The fourth-order valence-electron chi connectivity index (χ4n) is 2.61. The first kappa shape index (κ1) is 19.3. The highest BCUT2D eigenvalue weighted by atomic mass is 35.5. The van der Waals surface area contributed by atoms with Gasteiger partial charge in [0.25, 0.3) is 11.1 Å². The third kappa shape index (κ3) is 4.46. The molecule has 0 aliphatic carbocycles. The molecule has 0 unspecified atom stereocenters. The summed E-state index contributed by atoms with van der Waals surface area (Å²) < 4.78 is 10.8. The SMILES string of the molecule is CCOc1cc(/C=C2\SC(=O)N(Cc3ccc(Cl)cc3)C2=O)ccc1OC. The molecule has 2 amide bonds. The average molecular weight is 404 g/mol. The summed E-state index contributed by atoms with van der Waals surface area (Å²) in [5, 5.41) is 0.317. The highest BCUT2D eigenvalue weighted by molar-refractivity contribution is 8.18. The van der Waals surface area contributed by atoms with Crippen LogP contribution in [0.4, 0.5) is 4.79 Å². The van der Waals surface area contributed by atoms with Gasteiger partial charge in [0.15, 0.2) is 11.5 Å². The summed E-state index contributed by atoms with van der Waals surface area (Å²) in [6.07, 6.45) is 1.69. The molecule has 3 rings (SSSR count). The minimum atomic E-state index is -0.311. The Bertz CT molecular complexity index is 895. The Morgan fingerprint density at radius 1 is 1.11 bits per heavy atom. The molecule has 2 aromatic carbocycles. The third-order valence-electron chi connectivity index (χ3n) is 3.91. The molecule has 1 fully saturated rings. The number of methoxy groups -OCH3 is 1. The van der Waals surface area contributed by atoms with Gasteiger partial charge in [0.2, 0.25) is 0 Å². The van der Waals surface area contributed by atoms with E-state index in [1.165, 1.54) is 4.90 Å². The predicted molar refractivity (Wildman–Crippen MR) is 107 cm³/mol. The van der Waals surface area contributed by atoms with Gasteiger partial charge in [0.1, 0.15) is 0 Å². The van der Waals surface area contributed by atoms with Gasteiger partial charge < -0.3 is 9.47 Å². The standard InChI is InChI=1S/C20H18ClNO4S/c1-3-26-17-10-14(6-9-16(17)25-2)11-18-19(23)22(20(24)27-18)12-13-4-7-15(21)8-5-13/h4-11H,3,12H2,1-2H3/b18-11-. The molecule has 1 saturated heterocycles. The van der Waals surface area contributed by atoms with E-state index in [-0.39, 0.29) is 17.7 Å². The Labute approximate surface area is 166 Å². The number of imide groups is 1. The number of carbonyl (C=O) groups excluding carboxylic acids is 2. The minimum Gasteiger partial charge on any atom is -0.493 e. The lowest BCUT2D eigenvalue weighted by Crippen LogP contribution is -2.27. The second-order valence-corrected chi connectivity index (χ2v) is 7.17. The Kier molecular flexibility index (Phi) is 6.08. The van der Waals surface area contributed by atoms with E-state index in [1.807, 2.05) is 13.0 Å². The Morgan fingerprint density at radius 2 is 1.85 bits per heavy atom. The van der Waals surface area contributed by atoms with Crippen LogP contribution in [-0.2, 0) is 11.3 Å². The van der Waals surface area contributed by atoms with E-state index in [0.717, 1.165) is 22.9 Å². The zero-order valence-corrected chi connectivity index (χ0v) is 16.5. The lowest BCUT2D eigenvalue weighted by molar-refractivity contribution is -0.123. The van der Waals surface area contributed by atoms with Crippen molar-refractivity contribution in [2.75, 3.05) is 13.7 Å². The van der Waals surface area contributed by atoms with E-state index in [4.69, 9.17) is 21.1 Å². The summed E-state index contributed by atoms with van der Waals surface area (Å²) in [4.78, 5) is 26.5. The van der Waals surface area contributed by atoms with E-state index in [0.29, 0.717) is 28.0 Å². The van der Waals surface area contributed by atoms with Crippen LogP contribution < -0.4 is 9.47 Å². The average Bonchev–Trinajstić information content (AvgIpc) is 2.91. The van der Waals surface area contributed by atoms with Crippen molar-refractivity contribution in [2.24, 2.45) is 0 Å². The third-order valence-corrected chi connectivity index (χ3v) is 5.07. The first-order valence-electron chi connectivity index (χ1n) is 8.32. The van der Waals surface area contributed by atoms with E-state index >= 15 is 0 Å². The highest BCUT2D eigenvalue weighted by Gasteiger charge is 2.35. The number of hydrogen-bond acceptors (Lipinski definition) is 5. The van der Waals surface area contributed by atoms with E-state index in [9.17, 15) is 9.59 Å². The maximum atomic E-state index is 12.7. The first-order chi connectivity index (χ1) is 13.0. The van der Waals surface area contributed by atoms with Gasteiger partial charge in [-0.15, -0.1) is 0 Å².